The summed E-state index contributed by atoms with van der Waals surface area (Å²) in [7, 11) is 0. The fraction of sp³-hybridized carbons (Fsp3) is 0.152. The van der Waals surface area contributed by atoms with Crippen molar-refractivity contribution in [3.63, 3.8) is 0 Å². The van der Waals surface area contributed by atoms with Gasteiger partial charge in [0.1, 0.15) is 11.3 Å². The summed E-state index contributed by atoms with van der Waals surface area (Å²) in [5.74, 6) is 0.615. The number of nitrogen functional groups attached to an aromatic ring is 1. The molecular formula is C46H38N2O. The molecule has 2 aliphatic carbocycles. The minimum absolute atomic E-state index is 0.166. The molecule has 3 heteroatoms. The van der Waals surface area contributed by atoms with Gasteiger partial charge >= 0.3 is 0 Å². The van der Waals surface area contributed by atoms with Gasteiger partial charge in [0.15, 0.2) is 5.76 Å². The SMILES string of the molecule is Nc1c(C(=NCc2cccc(-c3ccc(-c4ccc5c(c4)C4(CCCCC4)c4ccccc4-5)cc3)c2)c2ccccc2)oc2ccccc12. The number of furan rings is 1. The summed E-state index contributed by atoms with van der Waals surface area (Å²) in [5.41, 5.74) is 21.9. The molecule has 6 aromatic carbocycles. The van der Waals surface area contributed by atoms with Gasteiger partial charge in [0.05, 0.1) is 12.2 Å². The van der Waals surface area contributed by atoms with Crippen LogP contribution in [0.2, 0.25) is 0 Å². The Morgan fingerprint density at radius 2 is 1.27 bits per heavy atom. The van der Waals surface area contributed by atoms with Gasteiger partial charge in [-0.15, -0.1) is 0 Å². The monoisotopic (exact) mass is 634 g/mol. The lowest BCUT2D eigenvalue weighted by atomic mass is 9.67. The maximum atomic E-state index is 6.61. The summed E-state index contributed by atoms with van der Waals surface area (Å²) in [4.78, 5) is 5.10. The van der Waals surface area contributed by atoms with Crippen LogP contribution < -0.4 is 5.73 Å². The number of aliphatic imine (C=N–C) groups is 1. The summed E-state index contributed by atoms with van der Waals surface area (Å²) < 4.78 is 6.26. The molecule has 238 valence electrons. The fourth-order valence-electron chi connectivity index (χ4n) is 8.34. The molecule has 2 aliphatic rings. The standard InChI is InChI=1S/C46H38N2O/c47-43-39-17-6-8-19-42(39)49-45(43)44(34-13-3-1-4-14-34)48-30-31-12-11-15-35(28-31)32-20-22-33(23-21-32)36-24-25-38-37-16-5-7-18-40(37)46(41(38)29-36)26-9-2-10-27-46/h1,3-8,11-25,28-29H,2,9-10,26-27,30,47H2. The molecule has 1 heterocycles. The molecule has 0 amide bonds. The molecule has 1 fully saturated rings. The maximum absolute atomic E-state index is 6.61. The molecule has 0 unspecified atom stereocenters. The van der Waals surface area contributed by atoms with E-state index in [0.717, 1.165) is 27.8 Å². The summed E-state index contributed by atoms with van der Waals surface area (Å²) in [6, 6.07) is 52.0. The Hall–Kier alpha value is -5.67. The van der Waals surface area contributed by atoms with Gasteiger partial charge in [-0.05, 0) is 87.2 Å². The zero-order valence-electron chi connectivity index (χ0n) is 27.5. The van der Waals surface area contributed by atoms with Crippen molar-refractivity contribution < 1.29 is 4.42 Å². The largest absolute Gasteiger partial charge is 0.452 e. The predicted molar refractivity (Wildman–Crippen MR) is 203 cm³/mol. The molecule has 0 saturated heterocycles. The van der Waals surface area contributed by atoms with Crippen LogP contribution in [-0.4, -0.2) is 5.71 Å². The normalized spacial score (nSPS) is 15.0. The van der Waals surface area contributed by atoms with Crippen molar-refractivity contribution in [3.05, 3.63) is 174 Å². The quantitative estimate of drug-likeness (QED) is 0.185. The first-order valence-corrected chi connectivity index (χ1v) is 17.5. The molecule has 3 nitrogen and oxygen atoms in total. The number of hydrogen-bond donors (Lipinski definition) is 1. The topological polar surface area (TPSA) is 51.5 Å². The number of nitrogens with two attached hydrogens (primary N) is 1. The highest BCUT2D eigenvalue weighted by Gasteiger charge is 2.43. The van der Waals surface area contributed by atoms with Crippen LogP contribution in [0.5, 0.6) is 0 Å². The van der Waals surface area contributed by atoms with E-state index in [1.807, 2.05) is 42.5 Å². The molecule has 0 atom stereocenters. The molecule has 0 radical (unpaired) electrons. The van der Waals surface area contributed by atoms with E-state index >= 15 is 0 Å². The maximum Gasteiger partial charge on any atom is 0.176 e. The summed E-state index contributed by atoms with van der Waals surface area (Å²) in [5, 5.41) is 0.907. The van der Waals surface area contributed by atoms with Crippen molar-refractivity contribution >= 4 is 22.4 Å². The molecule has 7 aromatic rings. The van der Waals surface area contributed by atoms with Crippen LogP contribution in [0.15, 0.2) is 155 Å². The van der Waals surface area contributed by atoms with Crippen LogP contribution in [0.4, 0.5) is 5.69 Å². The first-order chi connectivity index (χ1) is 24.2. The van der Waals surface area contributed by atoms with E-state index in [2.05, 4.69) is 103 Å². The number of anilines is 1. The Kier molecular flexibility index (Phi) is 7.27. The van der Waals surface area contributed by atoms with Crippen molar-refractivity contribution in [2.45, 2.75) is 44.1 Å². The summed E-state index contributed by atoms with van der Waals surface area (Å²) in [6.07, 6.45) is 6.45. The predicted octanol–water partition coefficient (Wildman–Crippen LogP) is 11.6. The number of nitrogens with zero attached hydrogens (tertiary/aromatic N) is 1. The highest BCUT2D eigenvalue weighted by molar-refractivity contribution is 6.17. The van der Waals surface area contributed by atoms with Gasteiger partial charge in [-0.3, -0.25) is 4.99 Å². The lowest BCUT2D eigenvalue weighted by Crippen LogP contribution is -2.28. The second-order valence-electron chi connectivity index (χ2n) is 13.6. The number of fused-ring (bicyclic) bond motifs is 6. The van der Waals surface area contributed by atoms with E-state index < -0.39 is 0 Å². The van der Waals surface area contributed by atoms with E-state index in [1.54, 1.807) is 5.56 Å². The number of para-hydroxylation sites is 1. The molecule has 0 aliphatic heterocycles. The Morgan fingerprint density at radius 3 is 2.06 bits per heavy atom. The van der Waals surface area contributed by atoms with Crippen molar-refractivity contribution in [2.75, 3.05) is 5.73 Å². The highest BCUT2D eigenvalue weighted by Crippen LogP contribution is 2.56. The zero-order chi connectivity index (χ0) is 32.8. The lowest BCUT2D eigenvalue weighted by molar-refractivity contribution is 0.353. The smallest absolute Gasteiger partial charge is 0.176 e. The minimum atomic E-state index is 0.166. The second kappa shape index (κ2) is 12.1. The van der Waals surface area contributed by atoms with E-state index in [1.165, 1.54) is 71.0 Å². The minimum Gasteiger partial charge on any atom is -0.452 e. The van der Waals surface area contributed by atoms with E-state index in [9.17, 15) is 0 Å². The lowest BCUT2D eigenvalue weighted by Gasteiger charge is -2.36. The summed E-state index contributed by atoms with van der Waals surface area (Å²) in [6.45, 7) is 0.506. The molecule has 1 saturated carbocycles. The Morgan fingerprint density at radius 1 is 0.592 bits per heavy atom. The van der Waals surface area contributed by atoms with Crippen LogP contribution in [-0.2, 0) is 12.0 Å². The average Bonchev–Trinajstić information content (AvgIpc) is 3.64. The van der Waals surface area contributed by atoms with Gasteiger partial charge in [-0.25, -0.2) is 0 Å². The van der Waals surface area contributed by atoms with Crippen molar-refractivity contribution in [3.8, 4) is 33.4 Å². The molecule has 49 heavy (non-hydrogen) atoms. The highest BCUT2D eigenvalue weighted by atomic mass is 16.3. The number of hydrogen-bond acceptors (Lipinski definition) is 3. The van der Waals surface area contributed by atoms with Crippen LogP contribution in [0, 0.1) is 0 Å². The van der Waals surface area contributed by atoms with Gasteiger partial charge in [0.2, 0.25) is 0 Å². The van der Waals surface area contributed by atoms with Gasteiger partial charge in [0.25, 0.3) is 0 Å². The zero-order valence-corrected chi connectivity index (χ0v) is 27.5. The van der Waals surface area contributed by atoms with Crippen LogP contribution in [0.3, 0.4) is 0 Å². The third-order valence-corrected chi connectivity index (χ3v) is 10.8. The van der Waals surface area contributed by atoms with Crippen LogP contribution in [0.1, 0.15) is 60.1 Å². The van der Waals surface area contributed by atoms with Gasteiger partial charge in [-0.2, -0.15) is 0 Å². The number of benzene rings is 6. The first kappa shape index (κ1) is 29.5. The van der Waals surface area contributed by atoms with Gasteiger partial charge in [0, 0.05) is 16.4 Å². The van der Waals surface area contributed by atoms with Crippen LogP contribution in [0.25, 0.3) is 44.3 Å². The third kappa shape index (κ3) is 5.09. The average molecular weight is 635 g/mol. The van der Waals surface area contributed by atoms with Crippen molar-refractivity contribution in [1.82, 2.24) is 0 Å². The molecule has 2 N–H and O–H groups in total. The van der Waals surface area contributed by atoms with Crippen molar-refractivity contribution in [2.24, 2.45) is 4.99 Å². The van der Waals surface area contributed by atoms with E-state index in [4.69, 9.17) is 15.1 Å². The molecule has 1 spiro atoms. The van der Waals surface area contributed by atoms with E-state index in [0.29, 0.717) is 18.0 Å². The van der Waals surface area contributed by atoms with Gasteiger partial charge in [-0.1, -0.05) is 141 Å². The second-order valence-corrected chi connectivity index (χ2v) is 13.6. The Balaban J connectivity index is 1.01. The Bertz CT molecular complexity index is 2340. The van der Waals surface area contributed by atoms with Crippen LogP contribution >= 0.6 is 0 Å². The fourth-order valence-corrected chi connectivity index (χ4v) is 8.34. The molecular weight excluding hydrogens is 597 g/mol. The van der Waals surface area contributed by atoms with Crippen molar-refractivity contribution in [1.29, 1.82) is 0 Å². The molecule has 9 rings (SSSR count). The Labute approximate surface area is 287 Å². The molecule has 0 bridgehead atoms. The third-order valence-electron chi connectivity index (χ3n) is 10.8. The molecule has 1 aromatic heterocycles. The first-order valence-electron chi connectivity index (χ1n) is 17.5. The van der Waals surface area contributed by atoms with Gasteiger partial charge < -0.3 is 10.2 Å². The summed E-state index contributed by atoms with van der Waals surface area (Å²) >= 11 is 0. The number of rotatable bonds is 6. The van der Waals surface area contributed by atoms with E-state index in [-0.39, 0.29) is 5.41 Å².